The van der Waals surface area contributed by atoms with E-state index < -0.39 is 0 Å². The molecule has 0 aliphatic heterocycles. The van der Waals surface area contributed by atoms with Crippen molar-refractivity contribution < 1.29 is 0 Å². The van der Waals surface area contributed by atoms with Gasteiger partial charge in [-0.15, -0.1) is 0 Å². The molecule has 1 unspecified atom stereocenters. The van der Waals surface area contributed by atoms with Crippen molar-refractivity contribution in [3.63, 3.8) is 0 Å². The van der Waals surface area contributed by atoms with Crippen molar-refractivity contribution in [2.24, 2.45) is 0 Å². The highest BCUT2D eigenvalue weighted by molar-refractivity contribution is 6.35. The Kier molecular flexibility index (Phi) is 4.22. The summed E-state index contributed by atoms with van der Waals surface area (Å²) in [5.41, 5.74) is 0.572. The molecule has 102 valence electrons. The van der Waals surface area contributed by atoms with Crippen molar-refractivity contribution in [2.45, 2.75) is 25.9 Å². The molecule has 2 rings (SSSR count). The van der Waals surface area contributed by atoms with Crippen LogP contribution in [-0.2, 0) is 6.54 Å². The van der Waals surface area contributed by atoms with E-state index in [1.807, 2.05) is 14.1 Å². The Balaban J connectivity index is 2.49. The van der Waals surface area contributed by atoms with Gasteiger partial charge in [0.15, 0.2) is 0 Å². The average molecular weight is 280 g/mol. The molecule has 0 saturated carbocycles. The minimum absolute atomic E-state index is 0.0732. The van der Waals surface area contributed by atoms with Crippen LogP contribution >= 0.6 is 11.6 Å². The van der Waals surface area contributed by atoms with E-state index in [1.165, 1.54) is 0 Å². The third-order valence-corrected chi connectivity index (χ3v) is 3.73. The first-order valence-corrected chi connectivity index (χ1v) is 6.72. The third-order valence-electron chi connectivity index (χ3n) is 3.41. The second kappa shape index (κ2) is 5.72. The number of likely N-dealkylation sites (N-methyl/N-ethyl adjacent to an activating group) is 1. The number of rotatable bonds is 4. The lowest BCUT2D eigenvalue weighted by Gasteiger charge is -2.23. The number of nitrogens with zero attached hydrogens (tertiary/aromatic N) is 3. The number of hydrogen-bond donors (Lipinski definition) is 0. The highest BCUT2D eigenvalue weighted by atomic mass is 35.5. The first kappa shape index (κ1) is 14.0. The normalized spacial score (nSPS) is 13.1. The summed E-state index contributed by atoms with van der Waals surface area (Å²) in [5, 5.41) is 0.961. The van der Waals surface area contributed by atoms with Gasteiger partial charge < -0.3 is 4.90 Å². The molecule has 0 aliphatic rings. The van der Waals surface area contributed by atoms with E-state index in [0.29, 0.717) is 28.5 Å². The third kappa shape index (κ3) is 2.80. The molecular weight excluding hydrogens is 262 g/mol. The summed E-state index contributed by atoms with van der Waals surface area (Å²) in [6, 6.07) is 5.63. The Morgan fingerprint density at radius 1 is 1.42 bits per heavy atom. The fourth-order valence-corrected chi connectivity index (χ4v) is 2.43. The van der Waals surface area contributed by atoms with E-state index in [4.69, 9.17) is 11.6 Å². The molecule has 0 fully saturated rings. The standard InChI is InChI=1S/C14H18ClN3O/c1-4-10(17(2)3)8-18-9-16-12-7-5-6-11(15)13(12)14(18)19/h5-7,9-10H,4,8H2,1-3H3. The minimum Gasteiger partial charge on any atom is -0.305 e. The average Bonchev–Trinajstić information content (AvgIpc) is 2.37. The van der Waals surface area contributed by atoms with Crippen LogP contribution in [-0.4, -0.2) is 34.6 Å². The molecule has 1 atom stereocenters. The zero-order valence-corrected chi connectivity index (χ0v) is 12.2. The van der Waals surface area contributed by atoms with Gasteiger partial charge in [-0.05, 0) is 32.6 Å². The molecule has 4 nitrogen and oxygen atoms in total. The van der Waals surface area contributed by atoms with Crippen molar-refractivity contribution in [2.75, 3.05) is 14.1 Å². The highest BCUT2D eigenvalue weighted by Gasteiger charge is 2.13. The summed E-state index contributed by atoms with van der Waals surface area (Å²) < 4.78 is 1.64. The van der Waals surface area contributed by atoms with Gasteiger partial charge in [0.25, 0.3) is 5.56 Å². The van der Waals surface area contributed by atoms with E-state index in [0.717, 1.165) is 6.42 Å². The van der Waals surface area contributed by atoms with Crippen LogP contribution in [0.2, 0.25) is 5.02 Å². The summed E-state index contributed by atoms with van der Waals surface area (Å²) in [4.78, 5) is 18.9. The summed E-state index contributed by atoms with van der Waals surface area (Å²) >= 11 is 6.10. The highest BCUT2D eigenvalue weighted by Crippen LogP contribution is 2.17. The zero-order valence-electron chi connectivity index (χ0n) is 11.4. The maximum absolute atomic E-state index is 12.4. The van der Waals surface area contributed by atoms with Gasteiger partial charge in [-0.25, -0.2) is 4.98 Å². The molecule has 5 heteroatoms. The van der Waals surface area contributed by atoms with Crippen molar-refractivity contribution in [3.05, 3.63) is 39.9 Å². The fourth-order valence-electron chi connectivity index (χ4n) is 2.17. The van der Waals surface area contributed by atoms with Crippen LogP contribution in [0.1, 0.15) is 13.3 Å². The van der Waals surface area contributed by atoms with Gasteiger partial charge in [-0.3, -0.25) is 9.36 Å². The Bertz CT molecular complexity index is 636. The lowest BCUT2D eigenvalue weighted by molar-refractivity contribution is 0.255. The summed E-state index contributed by atoms with van der Waals surface area (Å²) in [7, 11) is 4.03. The van der Waals surface area contributed by atoms with Crippen LogP contribution in [0.15, 0.2) is 29.3 Å². The smallest absolute Gasteiger partial charge is 0.262 e. The van der Waals surface area contributed by atoms with E-state index in [1.54, 1.807) is 29.1 Å². The molecule has 0 bridgehead atoms. The molecule has 0 spiro atoms. The molecule has 19 heavy (non-hydrogen) atoms. The topological polar surface area (TPSA) is 38.1 Å². The number of benzene rings is 1. The van der Waals surface area contributed by atoms with Gasteiger partial charge in [0.05, 0.1) is 22.3 Å². The molecule has 0 saturated heterocycles. The van der Waals surface area contributed by atoms with Crippen LogP contribution in [0.3, 0.4) is 0 Å². The number of hydrogen-bond acceptors (Lipinski definition) is 3. The molecule has 0 amide bonds. The summed E-state index contributed by atoms with van der Waals surface area (Å²) in [6.45, 7) is 2.73. The molecule has 2 aromatic rings. The molecule has 1 aromatic heterocycles. The Morgan fingerprint density at radius 2 is 2.16 bits per heavy atom. The maximum Gasteiger partial charge on any atom is 0.262 e. The van der Waals surface area contributed by atoms with E-state index in [-0.39, 0.29) is 5.56 Å². The van der Waals surface area contributed by atoms with Gasteiger partial charge in [0, 0.05) is 12.6 Å². The fraction of sp³-hybridized carbons (Fsp3) is 0.429. The number of fused-ring (bicyclic) bond motifs is 1. The van der Waals surface area contributed by atoms with Crippen LogP contribution in [0.5, 0.6) is 0 Å². The van der Waals surface area contributed by atoms with Gasteiger partial charge in [0.2, 0.25) is 0 Å². The Hall–Kier alpha value is -1.39. The van der Waals surface area contributed by atoms with Crippen LogP contribution in [0.25, 0.3) is 10.9 Å². The van der Waals surface area contributed by atoms with Crippen LogP contribution in [0, 0.1) is 0 Å². The maximum atomic E-state index is 12.4. The first-order valence-electron chi connectivity index (χ1n) is 6.34. The summed E-state index contributed by atoms with van der Waals surface area (Å²) in [5.74, 6) is 0. The SMILES string of the molecule is CCC(Cn1cnc2cccc(Cl)c2c1=O)N(C)C. The van der Waals surface area contributed by atoms with Crippen molar-refractivity contribution in [1.82, 2.24) is 14.5 Å². The zero-order chi connectivity index (χ0) is 14.0. The van der Waals surface area contributed by atoms with Gasteiger partial charge in [-0.2, -0.15) is 0 Å². The largest absolute Gasteiger partial charge is 0.305 e. The number of halogens is 1. The van der Waals surface area contributed by atoms with E-state index in [2.05, 4.69) is 16.8 Å². The lowest BCUT2D eigenvalue weighted by Crippen LogP contribution is -2.35. The summed E-state index contributed by atoms with van der Waals surface area (Å²) in [6.07, 6.45) is 2.58. The van der Waals surface area contributed by atoms with Gasteiger partial charge in [0.1, 0.15) is 0 Å². The van der Waals surface area contributed by atoms with Gasteiger partial charge >= 0.3 is 0 Å². The molecule has 0 aliphatic carbocycles. The first-order chi connectivity index (χ1) is 9.04. The van der Waals surface area contributed by atoms with Crippen LogP contribution in [0.4, 0.5) is 0 Å². The van der Waals surface area contributed by atoms with E-state index >= 15 is 0 Å². The second-order valence-electron chi connectivity index (χ2n) is 4.86. The second-order valence-corrected chi connectivity index (χ2v) is 5.27. The quantitative estimate of drug-likeness (QED) is 0.862. The predicted molar refractivity (Wildman–Crippen MR) is 78.8 cm³/mol. The lowest BCUT2D eigenvalue weighted by atomic mass is 10.2. The molecular formula is C14H18ClN3O. The predicted octanol–water partition coefficient (Wildman–Crippen LogP) is 2.39. The van der Waals surface area contributed by atoms with Crippen molar-refractivity contribution >= 4 is 22.5 Å². The van der Waals surface area contributed by atoms with E-state index in [9.17, 15) is 4.79 Å². The van der Waals surface area contributed by atoms with Crippen molar-refractivity contribution in [3.8, 4) is 0 Å². The molecule has 1 aromatic carbocycles. The van der Waals surface area contributed by atoms with Crippen molar-refractivity contribution in [1.29, 1.82) is 0 Å². The molecule has 0 radical (unpaired) electrons. The van der Waals surface area contributed by atoms with Gasteiger partial charge in [-0.1, -0.05) is 24.6 Å². The molecule has 0 N–H and O–H groups in total. The van der Waals surface area contributed by atoms with Crippen LogP contribution < -0.4 is 5.56 Å². The Labute approximate surface area is 117 Å². The molecule has 1 heterocycles. The Morgan fingerprint density at radius 3 is 2.79 bits per heavy atom. The number of aromatic nitrogens is 2. The minimum atomic E-state index is -0.0732. The monoisotopic (exact) mass is 279 g/mol.